The number of nitrogens with one attached hydrogen (secondary N) is 1. The van der Waals surface area contributed by atoms with E-state index in [0.717, 1.165) is 12.2 Å². The first-order valence-corrected chi connectivity index (χ1v) is 8.08. The van der Waals surface area contributed by atoms with Gasteiger partial charge in [-0.2, -0.15) is 0 Å². The van der Waals surface area contributed by atoms with Gasteiger partial charge in [0.2, 0.25) is 5.91 Å². The molecule has 3 heteroatoms. The SMILES string of the molecule is Cc1ccc(NC(=O)CN(C)Cc2ccc(C(C)C)cc2)cc1. The minimum Gasteiger partial charge on any atom is -0.325 e. The van der Waals surface area contributed by atoms with Crippen LogP contribution in [0.25, 0.3) is 0 Å². The van der Waals surface area contributed by atoms with Gasteiger partial charge in [-0.3, -0.25) is 9.69 Å². The van der Waals surface area contributed by atoms with E-state index in [4.69, 9.17) is 0 Å². The number of rotatable bonds is 6. The van der Waals surface area contributed by atoms with E-state index in [9.17, 15) is 4.79 Å². The predicted molar refractivity (Wildman–Crippen MR) is 96.7 cm³/mol. The van der Waals surface area contributed by atoms with Crippen LogP contribution in [0.5, 0.6) is 0 Å². The van der Waals surface area contributed by atoms with E-state index >= 15 is 0 Å². The van der Waals surface area contributed by atoms with Crippen molar-refractivity contribution in [1.29, 1.82) is 0 Å². The lowest BCUT2D eigenvalue weighted by Gasteiger charge is -2.17. The molecule has 2 aromatic carbocycles. The first kappa shape index (κ1) is 17.2. The van der Waals surface area contributed by atoms with Crippen molar-refractivity contribution in [1.82, 2.24) is 4.90 Å². The molecular formula is C20H26N2O. The van der Waals surface area contributed by atoms with Crippen LogP contribution in [-0.2, 0) is 11.3 Å². The van der Waals surface area contributed by atoms with Crippen molar-refractivity contribution < 1.29 is 4.79 Å². The molecule has 3 nitrogen and oxygen atoms in total. The number of hydrogen-bond donors (Lipinski definition) is 1. The Bertz CT molecular complexity index is 630. The second kappa shape index (κ2) is 7.93. The normalized spacial score (nSPS) is 11.0. The van der Waals surface area contributed by atoms with Crippen molar-refractivity contribution in [3.63, 3.8) is 0 Å². The van der Waals surface area contributed by atoms with Gasteiger partial charge in [-0.05, 0) is 43.1 Å². The number of aryl methyl sites for hydroxylation is 1. The standard InChI is InChI=1S/C20H26N2O/c1-15(2)18-9-7-17(8-10-18)13-22(4)14-20(23)21-19-11-5-16(3)6-12-19/h5-12,15H,13-14H2,1-4H3,(H,21,23). The lowest BCUT2D eigenvalue weighted by molar-refractivity contribution is -0.117. The van der Waals surface area contributed by atoms with Crippen LogP contribution in [0.1, 0.15) is 36.5 Å². The Hall–Kier alpha value is -2.13. The third-order valence-electron chi connectivity index (χ3n) is 3.85. The van der Waals surface area contributed by atoms with Crippen molar-refractivity contribution in [2.45, 2.75) is 33.2 Å². The molecule has 0 aliphatic rings. The molecule has 0 fully saturated rings. The summed E-state index contributed by atoms with van der Waals surface area (Å²) in [7, 11) is 1.96. The largest absolute Gasteiger partial charge is 0.325 e. The molecule has 0 saturated carbocycles. The topological polar surface area (TPSA) is 32.3 Å². The molecule has 0 atom stereocenters. The van der Waals surface area contributed by atoms with Crippen LogP contribution in [0.15, 0.2) is 48.5 Å². The average Bonchev–Trinajstić information content (AvgIpc) is 2.50. The van der Waals surface area contributed by atoms with Gasteiger partial charge in [0.05, 0.1) is 6.54 Å². The summed E-state index contributed by atoms with van der Waals surface area (Å²) in [5.74, 6) is 0.553. The van der Waals surface area contributed by atoms with Gasteiger partial charge in [-0.25, -0.2) is 0 Å². The maximum absolute atomic E-state index is 12.1. The lowest BCUT2D eigenvalue weighted by atomic mass is 10.0. The zero-order valence-corrected chi connectivity index (χ0v) is 14.5. The van der Waals surface area contributed by atoms with Crippen LogP contribution in [-0.4, -0.2) is 24.4 Å². The summed E-state index contributed by atoms with van der Waals surface area (Å²) in [5, 5.41) is 2.93. The van der Waals surface area contributed by atoms with Gasteiger partial charge in [-0.15, -0.1) is 0 Å². The monoisotopic (exact) mass is 310 g/mol. The third-order valence-corrected chi connectivity index (χ3v) is 3.85. The van der Waals surface area contributed by atoms with E-state index < -0.39 is 0 Å². The second-order valence-electron chi connectivity index (χ2n) is 6.48. The van der Waals surface area contributed by atoms with E-state index in [1.54, 1.807) is 0 Å². The number of amides is 1. The molecule has 2 aromatic rings. The average molecular weight is 310 g/mol. The van der Waals surface area contributed by atoms with Crippen LogP contribution in [0.4, 0.5) is 5.69 Å². The molecular weight excluding hydrogens is 284 g/mol. The van der Waals surface area contributed by atoms with E-state index in [1.165, 1.54) is 16.7 Å². The first-order valence-electron chi connectivity index (χ1n) is 8.08. The molecule has 0 bridgehead atoms. The van der Waals surface area contributed by atoms with E-state index in [2.05, 4.69) is 43.4 Å². The van der Waals surface area contributed by atoms with Crippen molar-refractivity contribution >= 4 is 11.6 Å². The number of hydrogen-bond acceptors (Lipinski definition) is 2. The zero-order chi connectivity index (χ0) is 16.8. The highest BCUT2D eigenvalue weighted by atomic mass is 16.2. The molecule has 0 saturated heterocycles. The van der Waals surface area contributed by atoms with Gasteiger partial charge >= 0.3 is 0 Å². The Kier molecular flexibility index (Phi) is 5.94. The molecule has 2 rings (SSSR count). The maximum Gasteiger partial charge on any atom is 0.238 e. The minimum absolute atomic E-state index is 0.00940. The van der Waals surface area contributed by atoms with Gasteiger partial charge in [0, 0.05) is 12.2 Å². The molecule has 122 valence electrons. The van der Waals surface area contributed by atoms with Crippen molar-refractivity contribution in [2.24, 2.45) is 0 Å². The number of likely N-dealkylation sites (N-methyl/N-ethyl adjacent to an activating group) is 1. The Morgan fingerprint density at radius 1 is 1.04 bits per heavy atom. The molecule has 0 aromatic heterocycles. The van der Waals surface area contributed by atoms with E-state index in [0.29, 0.717) is 12.5 Å². The highest BCUT2D eigenvalue weighted by Gasteiger charge is 2.08. The number of carbonyl (C=O) groups is 1. The predicted octanol–water partition coefficient (Wildman–Crippen LogP) is 4.19. The fraction of sp³-hybridized carbons (Fsp3) is 0.350. The summed E-state index contributed by atoms with van der Waals surface area (Å²) in [6.07, 6.45) is 0. The first-order chi connectivity index (χ1) is 10.9. The van der Waals surface area contributed by atoms with E-state index in [1.807, 2.05) is 43.1 Å². The summed E-state index contributed by atoms with van der Waals surface area (Å²) >= 11 is 0. The van der Waals surface area contributed by atoms with Crippen LogP contribution >= 0.6 is 0 Å². The maximum atomic E-state index is 12.1. The molecule has 23 heavy (non-hydrogen) atoms. The second-order valence-corrected chi connectivity index (χ2v) is 6.48. The third kappa shape index (κ3) is 5.53. The van der Waals surface area contributed by atoms with Gasteiger partial charge in [0.1, 0.15) is 0 Å². The highest BCUT2D eigenvalue weighted by Crippen LogP contribution is 2.15. The van der Waals surface area contributed by atoms with Crippen LogP contribution in [0.3, 0.4) is 0 Å². The summed E-state index contributed by atoms with van der Waals surface area (Å²) in [5.41, 5.74) is 4.59. The number of carbonyl (C=O) groups excluding carboxylic acids is 1. The van der Waals surface area contributed by atoms with Crippen LogP contribution < -0.4 is 5.32 Å². The van der Waals surface area contributed by atoms with Gasteiger partial charge in [-0.1, -0.05) is 55.8 Å². The lowest BCUT2D eigenvalue weighted by Crippen LogP contribution is -2.29. The molecule has 0 spiro atoms. The molecule has 0 aliphatic carbocycles. The Balaban J connectivity index is 1.84. The summed E-state index contributed by atoms with van der Waals surface area (Å²) in [4.78, 5) is 14.1. The van der Waals surface area contributed by atoms with Crippen LogP contribution in [0, 0.1) is 6.92 Å². The fourth-order valence-electron chi connectivity index (χ4n) is 2.46. The Morgan fingerprint density at radius 3 is 2.22 bits per heavy atom. The number of anilines is 1. The number of nitrogens with zero attached hydrogens (tertiary/aromatic N) is 1. The number of benzene rings is 2. The highest BCUT2D eigenvalue weighted by molar-refractivity contribution is 5.92. The molecule has 0 aliphatic heterocycles. The van der Waals surface area contributed by atoms with Crippen molar-refractivity contribution in [2.75, 3.05) is 18.9 Å². The van der Waals surface area contributed by atoms with Gasteiger partial charge < -0.3 is 5.32 Å². The fourth-order valence-corrected chi connectivity index (χ4v) is 2.46. The van der Waals surface area contributed by atoms with E-state index in [-0.39, 0.29) is 5.91 Å². The van der Waals surface area contributed by atoms with Crippen LogP contribution in [0.2, 0.25) is 0 Å². The Morgan fingerprint density at radius 2 is 1.65 bits per heavy atom. The minimum atomic E-state index is 0.00940. The smallest absolute Gasteiger partial charge is 0.238 e. The molecule has 1 N–H and O–H groups in total. The van der Waals surface area contributed by atoms with Crippen molar-refractivity contribution in [3.05, 3.63) is 65.2 Å². The van der Waals surface area contributed by atoms with Gasteiger partial charge in [0.25, 0.3) is 0 Å². The quantitative estimate of drug-likeness (QED) is 0.867. The molecule has 0 heterocycles. The summed E-state index contributed by atoms with van der Waals surface area (Å²) in [6.45, 7) is 7.55. The Labute approximate surface area is 139 Å². The molecule has 0 unspecified atom stereocenters. The zero-order valence-electron chi connectivity index (χ0n) is 14.5. The summed E-state index contributed by atoms with van der Waals surface area (Å²) < 4.78 is 0. The summed E-state index contributed by atoms with van der Waals surface area (Å²) in [6, 6.07) is 16.5. The van der Waals surface area contributed by atoms with Gasteiger partial charge in [0.15, 0.2) is 0 Å². The molecule has 1 amide bonds. The van der Waals surface area contributed by atoms with Crippen molar-refractivity contribution in [3.8, 4) is 0 Å². The molecule has 0 radical (unpaired) electrons.